The van der Waals surface area contributed by atoms with Crippen LogP contribution in [0.4, 0.5) is 5.82 Å². The normalized spacial score (nSPS) is 10.7. The Labute approximate surface area is 122 Å². The lowest BCUT2D eigenvalue weighted by Gasteiger charge is -2.10. The molecule has 0 aliphatic rings. The largest absolute Gasteiger partial charge is 0.452 e. The molecule has 0 N–H and O–H groups in total. The number of carbonyl (C=O) groups is 1. The van der Waals surface area contributed by atoms with Gasteiger partial charge in [0.2, 0.25) is 0 Å². The molecule has 0 saturated heterocycles. The fourth-order valence-electron chi connectivity index (χ4n) is 1.54. The maximum absolute atomic E-state index is 11.9. The molecule has 0 fully saturated rings. The highest BCUT2D eigenvalue weighted by Gasteiger charge is 2.13. The molecule has 2 aromatic rings. The van der Waals surface area contributed by atoms with E-state index in [1.807, 2.05) is 32.8 Å². The lowest BCUT2D eigenvalue weighted by atomic mass is 10.2. The first-order valence-corrected chi connectivity index (χ1v) is 6.60. The van der Waals surface area contributed by atoms with Crippen LogP contribution in [0, 0.1) is 0 Å². The number of hydrogen-bond donors (Lipinski definition) is 0. The Balaban J connectivity index is 1.94. The van der Waals surface area contributed by atoms with E-state index in [0.29, 0.717) is 11.4 Å². The third kappa shape index (κ3) is 3.77. The number of anilines is 1. The average molecular weight is 290 g/mol. The molecule has 0 bridgehead atoms. The molecule has 0 unspecified atom stereocenters. The molecule has 2 heterocycles. The van der Waals surface area contributed by atoms with Gasteiger partial charge < -0.3 is 14.2 Å². The molecule has 112 valence electrons. The molecule has 2 rings (SSSR count). The van der Waals surface area contributed by atoms with Crippen molar-refractivity contribution in [2.45, 2.75) is 26.4 Å². The van der Waals surface area contributed by atoms with E-state index in [0.717, 1.165) is 5.82 Å². The first-order chi connectivity index (χ1) is 9.97. The van der Waals surface area contributed by atoms with E-state index in [9.17, 15) is 4.79 Å². The Bertz CT molecular complexity index is 605. The lowest BCUT2D eigenvalue weighted by Crippen LogP contribution is -2.12. The summed E-state index contributed by atoms with van der Waals surface area (Å²) in [6.07, 6.45) is 1.48. The van der Waals surface area contributed by atoms with E-state index in [1.54, 1.807) is 12.1 Å². The molecule has 2 aromatic heterocycles. The molecular formula is C14H18N4O3. The van der Waals surface area contributed by atoms with Crippen molar-refractivity contribution in [3.63, 3.8) is 0 Å². The van der Waals surface area contributed by atoms with Crippen LogP contribution in [0.1, 0.15) is 41.8 Å². The van der Waals surface area contributed by atoms with E-state index in [2.05, 4.69) is 15.1 Å². The van der Waals surface area contributed by atoms with Gasteiger partial charge in [0.15, 0.2) is 12.4 Å². The SMILES string of the molecule is CC(C)c1noc(COC(=O)c2ccc(N(C)C)nc2)n1. The van der Waals surface area contributed by atoms with E-state index in [-0.39, 0.29) is 18.4 Å². The van der Waals surface area contributed by atoms with Crippen LogP contribution in [-0.4, -0.2) is 35.2 Å². The van der Waals surface area contributed by atoms with E-state index >= 15 is 0 Å². The van der Waals surface area contributed by atoms with Gasteiger partial charge in [0.05, 0.1) is 5.56 Å². The first-order valence-electron chi connectivity index (χ1n) is 6.60. The van der Waals surface area contributed by atoms with Crippen molar-refractivity contribution in [3.8, 4) is 0 Å². The van der Waals surface area contributed by atoms with Crippen LogP contribution in [-0.2, 0) is 11.3 Å². The first kappa shape index (κ1) is 15.0. The molecule has 21 heavy (non-hydrogen) atoms. The summed E-state index contributed by atoms with van der Waals surface area (Å²) in [7, 11) is 3.75. The zero-order valence-electron chi connectivity index (χ0n) is 12.5. The summed E-state index contributed by atoms with van der Waals surface area (Å²) in [5.74, 6) is 1.34. The van der Waals surface area contributed by atoms with Gasteiger partial charge >= 0.3 is 5.97 Å². The minimum Gasteiger partial charge on any atom is -0.452 e. The molecule has 0 saturated carbocycles. The summed E-state index contributed by atoms with van der Waals surface area (Å²) in [6.45, 7) is 3.87. The monoisotopic (exact) mass is 290 g/mol. The van der Waals surface area contributed by atoms with Gasteiger partial charge in [0.1, 0.15) is 5.82 Å². The molecule has 7 heteroatoms. The maximum atomic E-state index is 11.9. The molecule has 0 atom stereocenters. The van der Waals surface area contributed by atoms with Crippen molar-refractivity contribution in [1.29, 1.82) is 0 Å². The van der Waals surface area contributed by atoms with Crippen molar-refractivity contribution in [1.82, 2.24) is 15.1 Å². The van der Waals surface area contributed by atoms with Gasteiger partial charge in [-0.1, -0.05) is 19.0 Å². The minimum atomic E-state index is -0.475. The predicted molar refractivity (Wildman–Crippen MR) is 76.1 cm³/mol. The molecule has 0 spiro atoms. The molecule has 0 amide bonds. The fraction of sp³-hybridized carbons (Fsp3) is 0.429. The Morgan fingerprint density at radius 1 is 1.38 bits per heavy atom. The van der Waals surface area contributed by atoms with E-state index in [4.69, 9.17) is 9.26 Å². The van der Waals surface area contributed by atoms with E-state index < -0.39 is 5.97 Å². The number of esters is 1. The molecular weight excluding hydrogens is 272 g/mol. The van der Waals surface area contributed by atoms with Gasteiger partial charge in [-0.3, -0.25) is 0 Å². The van der Waals surface area contributed by atoms with Crippen LogP contribution in [0.25, 0.3) is 0 Å². The van der Waals surface area contributed by atoms with Crippen molar-refractivity contribution < 1.29 is 14.1 Å². The summed E-state index contributed by atoms with van der Waals surface area (Å²) >= 11 is 0. The summed E-state index contributed by atoms with van der Waals surface area (Å²) < 4.78 is 10.1. The minimum absolute atomic E-state index is 0.0476. The number of hydrogen-bond acceptors (Lipinski definition) is 7. The van der Waals surface area contributed by atoms with Crippen molar-refractivity contribution in [2.75, 3.05) is 19.0 Å². The van der Waals surface area contributed by atoms with Gasteiger partial charge in [-0.05, 0) is 12.1 Å². The predicted octanol–water partition coefficient (Wildman–Crippen LogP) is 2.01. The number of carbonyl (C=O) groups excluding carboxylic acids is 1. The van der Waals surface area contributed by atoms with Gasteiger partial charge in [0.25, 0.3) is 5.89 Å². The third-order valence-electron chi connectivity index (χ3n) is 2.77. The average Bonchev–Trinajstić information content (AvgIpc) is 2.94. The highest BCUT2D eigenvalue weighted by Crippen LogP contribution is 2.12. The lowest BCUT2D eigenvalue weighted by molar-refractivity contribution is 0.0429. The van der Waals surface area contributed by atoms with Gasteiger partial charge in [-0.2, -0.15) is 4.98 Å². The van der Waals surface area contributed by atoms with Crippen LogP contribution in [0.15, 0.2) is 22.9 Å². The zero-order chi connectivity index (χ0) is 15.4. The van der Waals surface area contributed by atoms with Crippen LogP contribution < -0.4 is 4.90 Å². The number of aromatic nitrogens is 3. The van der Waals surface area contributed by atoms with Crippen LogP contribution >= 0.6 is 0 Å². The Kier molecular flexibility index (Phi) is 4.52. The van der Waals surface area contributed by atoms with Gasteiger partial charge in [-0.25, -0.2) is 9.78 Å². The molecule has 0 aliphatic heterocycles. The summed E-state index contributed by atoms with van der Waals surface area (Å²) in [5.41, 5.74) is 0.379. The van der Waals surface area contributed by atoms with Crippen LogP contribution in [0.3, 0.4) is 0 Å². The topological polar surface area (TPSA) is 81.4 Å². The molecule has 0 aromatic carbocycles. The Morgan fingerprint density at radius 2 is 2.14 bits per heavy atom. The number of rotatable bonds is 5. The smallest absolute Gasteiger partial charge is 0.340 e. The van der Waals surface area contributed by atoms with Crippen LogP contribution in [0.2, 0.25) is 0 Å². The van der Waals surface area contributed by atoms with Gasteiger partial charge in [0, 0.05) is 26.2 Å². The maximum Gasteiger partial charge on any atom is 0.340 e. The summed E-state index contributed by atoms with van der Waals surface area (Å²) in [6, 6.07) is 3.41. The van der Waals surface area contributed by atoms with Crippen molar-refractivity contribution in [3.05, 3.63) is 35.6 Å². The second-order valence-electron chi connectivity index (χ2n) is 5.08. The van der Waals surface area contributed by atoms with Crippen molar-refractivity contribution >= 4 is 11.8 Å². The molecule has 7 nitrogen and oxygen atoms in total. The highest BCUT2D eigenvalue weighted by atomic mass is 16.6. The van der Waals surface area contributed by atoms with Crippen LogP contribution in [0.5, 0.6) is 0 Å². The van der Waals surface area contributed by atoms with Crippen molar-refractivity contribution in [2.24, 2.45) is 0 Å². The fourth-order valence-corrected chi connectivity index (χ4v) is 1.54. The Morgan fingerprint density at radius 3 is 2.67 bits per heavy atom. The number of nitrogens with zero attached hydrogens (tertiary/aromatic N) is 4. The second-order valence-corrected chi connectivity index (χ2v) is 5.08. The highest BCUT2D eigenvalue weighted by molar-refractivity contribution is 5.89. The number of ether oxygens (including phenoxy) is 1. The molecule has 0 aliphatic carbocycles. The second kappa shape index (κ2) is 6.34. The standard InChI is InChI=1S/C14H18N4O3/c1-9(2)13-16-12(21-17-13)8-20-14(19)10-5-6-11(15-7-10)18(3)4/h5-7,9H,8H2,1-4H3. The van der Waals surface area contributed by atoms with E-state index in [1.165, 1.54) is 6.20 Å². The van der Waals surface area contributed by atoms with Gasteiger partial charge in [-0.15, -0.1) is 0 Å². The Hall–Kier alpha value is -2.44. The quantitative estimate of drug-likeness (QED) is 0.779. The molecule has 0 radical (unpaired) electrons. The summed E-state index contributed by atoms with van der Waals surface area (Å²) in [5, 5.41) is 3.80. The zero-order valence-corrected chi connectivity index (χ0v) is 12.5. The third-order valence-corrected chi connectivity index (χ3v) is 2.77. The number of pyridine rings is 1. The summed E-state index contributed by atoms with van der Waals surface area (Å²) in [4.78, 5) is 22.0.